The van der Waals surface area contributed by atoms with Crippen LogP contribution in [0.15, 0.2) is 24.3 Å². The van der Waals surface area contributed by atoms with Gasteiger partial charge in [-0.3, -0.25) is 4.79 Å². The average Bonchev–Trinajstić information content (AvgIpc) is 2.42. The molecule has 106 valence electrons. The van der Waals surface area contributed by atoms with Gasteiger partial charge in [0.15, 0.2) is 5.78 Å². The van der Waals surface area contributed by atoms with Crippen molar-refractivity contribution >= 4 is 5.78 Å². The molecule has 0 fully saturated rings. The summed E-state index contributed by atoms with van der Waals surface area (Å²) in [5, 5.41) is 0. The Morgan fingerprint density at radius 2 is 1.89 bits per heavy atom. The normalized spacial score (nSPS) is 12.7. The third-order valence-electron chi connectivity index (χ3n) is 3.13. The number of ketones is 1. The fourth-order valence-corrected chi connectivity index (χ4v) is 1.71. The number of alkyl halides is 2. The minimum absolute atomic E-state index is 0.0380. The van der Waals surface area contributed by atoms with Crippen LogP contribution < -0.4 is 0 Å². The first-order chi connectivity index (χ1) is 9.04. The maximum Gasteiger partial charge on any atom is 0.261 e. The van der Waals surface area contributed by atoms with E-state index >= 15 is 0 Å². The van der Waals surface area contributed by atoms with Crippen molar-refractivity contribution < 1.29 is 18.3 Å². The first kappa shape index (κ1) is 15.8. The van der Waals surface area contributed by atoms with E-state index in [4.69, 9.17) is 4.74 Å². The Bertz CT molecular complexity index is 388. The lowest BCUT2D eigenvalue weighted by Gasteiger charge is -2.09. The summed E-state index contributed by atoms with van der Waals surface area (Å²) in [6.45, 7) is 3.68. The Morgan fingerprint density at radius 3 is 2.42 bits per heavy atom. The van der Waals surface area contributed by atoms with E-state index in [1.165, 1.54) is 5.56 Å². The van der Waals surface area contributed by atoms with Crippen molar-refractivity contribution in [3.8, 4) is 0 Å². The quantitative estimate of drug-likeness (QED) is 0.526. The van der Waals surface area contributed by atoms with Crippen molar-refractivity contribution in [1.82, 2.24) is 0 Å². The van der Waals surface area contributed by atoms with E-state index in [2.05, 4.69) is 13.8 Å². The highest BCUT2D eigenvalue weighted by atomic mass is 19.3. The third-order valence-corrected chi connectivity index (χ3v) is 3.13. The van der Waals surface area contributed by atoms with Gasteiger partial charge in [0.2, 0.25) is 0 Å². The van der Waals surface area contributed by atoms with E-state index in [1.54, 1.807) is 12.1 Å². The number of Topliss-reactive ketones (excluding diaryl/α,β-unsaturated/α-hetero) is 1. The Balaban J connectivity index is 2.44. The fourth-order valence-electron chi connectivity index (χ4n) is 1.71. The molecule has 1 unspecified atom stereocenters. The molecule has 1 aromatic carbocycles. The first-order valence-corrected chi connectivity index (χ1v) is 6.53. The second kappa shape index (κ2) is 8.00. The predicted octanol–water partition coefficient (Wildman–Crippen LogP) is 4.05. The molecular weight excluding hydrogens is 250 g/mol. The molecule has 4 heteroatoms. The minimum Gasteiger partial charge on any atom is -0.375 e. The average molecular weight is 270 g/mol. The molecule has 2 nitrogen and oxygen atoms in total. The molecule has 19 heavy (non-hydrogen) atoms. The van der Waals surface area contributed by atoms with Gasteiger partial charge >= 0.3 is 0 Å². The molecule has 1 atom stereocenters. The van der Waals surface area contributed by atoms with Crippen LogP contribution in [0.25, 0.3) is 0 Å². The van der Waals surface area contributed by atoms with Crippen LogP contribution in [0, 0.1) is 0 Å². The molecule has 0 amide bonds. The van der Waals surface area contributed by atoms with E-state index in [-0.39, 0.29) is 18.8 Å². The molecule has 0 aliphatic rings. The van der Waals surface area contributed by atoms with Crippen molar-refractivity contribution in [2.75, 3.05) is 13.2 Å². The van der Waals surface area contributed by atoms with Crippen molar-refractivity contribution in [3.63, 3.8) is 0 Å². The zero-order valence-corrected chi connectivity index (χ0v) is 11.4. The van der Waals surface area contributed by atoms with Crippen molar-refractivity contribution in [2.24, 2.45) is 0 Å². The molecule has 0 spiro atoms. The van der Waals surface area contributed by atoms with E-state index in [0.717, 1.165) is 6.42 Å². The second-order valence-electron chi connectivity index (χ2n) is 4.57. The largest absolute Gasteiger partial charge is 0.375 e. The Labute approximate surface area is 112 Å². The van der Waals surface area contributed by atoms with Crippen molar-refractivity contribution in [1.29, 1.82) is 0 Å². The fraction of sp³-hybridized carbons (Fsp3) is 0.533. The van der Waals surface area contributed by atoms with Gasteiger partial charge in [0.1, 0.15) is 6.61 Å². The molecule has 0 saturated heterocycles. The molecular formula is C15H20F2O2. The number of hydrogen-bond donors (Lipinski definition) is 0. The summed E-state index contributed by atoms with van der Waals surface area (Å²) in [6.07, 6.45) is -1.30. The molecule has 0 heterocycles. The van der Waals surface area contributed by atoms with Crippen LogP contribution in [0.5, 0.6) is 0 Å². The smallest absolute Gasteiger partial charge is 0.261 e. The van der Waals surface area contributed by atoms with E-state index in [1.807, 2.05) is 12.1 Å². The lowest BCUT2D eigenvalue weighted by atomic mass is 9.96. The lowest BCUT2D eigenvalue weighted by molar-refractivity contribution is 0.0170. The maximum absolute atomic E-state index is 11.8. The van der Waals surface area contributed by atoms with Gasteiger partial charge in [-0.2, -0.15) is 0 Å². The molecule has 1 rings (SSSR count). The number of carbonyl (C=O) groups excluding carboxylic acids is 1. The first-order valence-electron chi connectivity index (χ1n) is 6.53. The van der Waals surface area contributed by atoms with Gasteiger partial charge in [0.05, 0.1) is 6.61 Å². The minimum atomic E-state index is -2.48. The summed E-state index contributed by atoms with van der Waals surface area (Å²) in [6, 6.07) is 7.47. The Kier molecular flexibility index (Phi) is 6.64. The van der Waals surface area contributed by atoms with Crippen LogP contribution >= 0.6 is 0 Å². The highest BCUT2D eigenvalue weighted by Gasteiger charge is 2.09. The molecule has 0 saturated carbocycles. The monoisotopic (exact) mass is 270 g/mol. The number of carbonyl (C=O) groups is 1. The Hall–Kier alpha value is -1.29. The SMILES string of the molecule is CCC(C)c1ccc(C(=O)CCOCC(F)F)cc1. The Morgan fingerprint density at radius 1 is 1.26 bits per heavy atom. The highest BCUT2D eigenvalue weighted by molar-refractivity contribution is 5.96. The van der Waals surface area contributed by atoms with Crippen LogP contribution in [0.2, 0.25) is 0 Å². The number of halogens is 2. The summed E-state index contributed by atoms with van der Waals surface area (Å²) in [5.74, 6) is 0.392. The zero-order valence-electron chi connectivity index (χ0n) is 11.4. The number of rotatable bonds is 8. The molecule has 0 aliphatic carbocycles. The van der Waals surface area contributed by atoms with Gasteiger partial charge in [-0.1, -0.05) is 38.1 Å². The summed E-state index contributed by atoms with van der Waals surface area (Å²) in [4.78, 5) is 11.8. The van der Waals surface area contributed by atoms with Crippen LogP contribution in [0.3, 0.4) is 0 Å². The molecule has 0 N–H and O–H groups in total. The highest BCUT2D eigenvalue weighted by Crippen LogP contribution is 2.19. The van der Waals surface area contributed by atoms with Gasteiger partial charge in [0.25, 0.3) is 6.43 Å². The molecule has 0 bridgehead atoms. The number of ether oxygens (including phenoxy) is 1. The molecule has 0 radical (unpaired) electrons. The van der Waals surface area contributed by atoms with Crippen molar-refractivity contribution in [2.45, 2.75) is 39.0 Å². The van der Waals surface area contributed by atoms with E-state index in [9.17, 15) is 13.6 Å². The molecule has 1 aromatic rings. The lowest BCUT2D eigenvalue weighted by Crippen LogP contribution is -2.09. The van der Waals surface area contributed by atoms with Crippen molar-refractivity contribution in [3.05, 3.63) is 35.4 Å². The maximum atomic E-state index is 11.8. The standard InChI is InChI=1S/C15H20F2O2/c1-3-11(2)12-4-6-13(7-5-12)14(18)8-9-19-10-15(16)17/h4-7,11,15H,3,8-10H2,1-2H3. The zero-order chi connectivity index (χ0) is 14.3. The number of benzene rings is 1. The molecule has 0 aromatic heterocycles. The van der Waals surface area contributed by atoms with Crippen LogP contribution in [0.1, 0.15) is 48.5 Å². The van der Waals surface area contributed by atoms with Crippen LogP contribution in [-0.4, -0.2) is 25.4 Å². The van der Waals surface area contributed by atoms with Gasteiger partial charge < -0.3 is 4.74 Å². The summed E-state index contributed by atoms with van der Waals surface area (Å²) in [5.41, 5.74) is 1.81. The van der Waals surface area contributed by atoms with Gasteiger partial charge in [-0.15, -0.1) is 0 Å². The summed E-state index contributed by atoms with van der Waals surface area (Å²) < 4.78 is 28.3. The van der Waals surface area contributed by atoms with Gasteiger partial charge in [0, 0.05) is 12.0 Å². The van der Waals surface area contributed by atoms with Crippen LogP contribution in [0.4, 0.5) is 8.78 Å². The van der Waals surface area contributed by atoms with E-state index < -0.39 is 13.0 Å². The van der Waals surface area contributed by atoms with Gasteiger partial charge in [-0.05, 0) is 17.9 Å². The van der Waals surface area contributed by atoms with Gasteiger partial charge in [-0.25, -0.2) is 8.78 Å². The molecule has 0 aliphatic heterocycles. The second-order valence-corrected chi connectivity index (χ2v) is 4.57. The predicted molar refractivity (Wildman–Crippen MR) is 70.9 cm³/mol. The summed E-state index contributed by atoms with van der Waals surface area (Å²) in [7, 11) is 0. The topological polar surface area (TPSA) is 26.3 Å². The summed E-state index contributed by atoms with van der Waals surface area (Å²) >= 11 is 0. The van der Waals surface area contributed by atoms with E-state index in [0.29, 0.717) is 11.5 Å². The van der Waals surface area contributed by atoms with Crippen LogP contribution in [-0.2, 0) is 4.74 Å². The number of hydrogen-bond acceptors (Lipinski definition) is 2. The third kappa shape index (κ3) is 5.47.